The second-order valence-corrected chi connectivity index (χ2v) is 16.4. The summed E-state index contributed by atoms with van der Waals surface area (Å²) in [7, 11) is -6.07. The Kier molecular flexibility index (Phi) is 6.19. The molecule has 3 aromatic carbocycles. The van der Waals surface area contributed by atoms with Crippen LogP contribution in [0.25, 0.3) is 0 Å². The summed E-state index contributed by atoms with van der Waals surface area (Å²) in [6.45, 7) is 18.2. The first-order chi connectivity index (χ1) is 17.0. The van der Waals surface area contributed by atoms with E-state index in [4.69, 9.17) is 0 Å². The van der Waals surface area contributed by atoms with E-state index in [0.29, 0.717) is 24.9 Å². The summed E-state index contributed by atoms with van der Waals surface area (Å²) in [6.07, 6.45) is 0. The first-order valence-corrected chi connectivity index (χ1v) is 17.0. The molecule has 0 bridgehead atoms. The van der Waals surface area contributed by atoms with Crippen molar-refractivity contribution in [2.24, 2.45) is 0 Å². The van der Waals surface area contributed by atoms with Crippen LogP contribution in [0.15, 0.2) is 48.5 Å². The van der Waals surface area contributed by atoms with Gasteiger partial charge in [-0.3, -0.25) is 4.57 Å². The molecule has 2 aliphatic heterocycles. The summed E-state index contributed by atoms with van der Waals surface area (Å²) < 4.78 is 32.2. The molecule has 0 aromatic heterocycles. The molecule has 3 aromatic rings. The number of rotatable bonds is 5. The lowest BCUT2D eigenvalue weighted by molar-refractivity contribution is 0.458. The van der Waals surface area contributed by atoms with Crippen molar-refractivity contribution in [1.29, 1.82) is 0 Å². The van der Waals surface area contributed by atoms with Crippen molar-refractivity contribution < 1.29 is 9.13 Å². The normalized spacial score (nSPS) is 22.1. The van der Waals surface area contributed by atoms with E-state index in [0.717, 1.165) is 43.8 Å². The minimum absolute atomic E-state index is 0.338. The Labute approximate surface area is 216 Å². The minimum atomic E-state index is -3.15. The van der Waals surface area contributed by atoms with Crippen LogP contribution in [0, 0.1) is 6.92 Å². The molecule has 190 valence electrons. The zero-order chi connectivity index (χ0) is 26.2. The predicted molar refractivity (Wildman–Crippen MR) is 157 cm³/mol. The summed E-state index contributed by atoms with van der Waals surface area (Å²) in [6, 6.07) is 17.0. The third kappa shape index (κ3) is 3.45. The van der Waals surface area contributed by atoms with Crippen molar-refractivity contribution >= 4 is 52.7 Å². The van der Waals surface area contributed by atoms with Crippen LogP contribution >= 0.6 is 14.4 Å². The Balaban J connectivity index is 1.98. The van der Waals surface area contributed by atoms with E-state index >= 15 is 4.57 Å². The van der Waals surface area contributed by atoms with Crippen LogP contribution in [0.5, 0.6) is 0 Å². The van der Waals surface area contributed by atoms with Crippen molar-refractivity contribution in [2.75, 3.05) is 24.7 Å². The van der Waals surface area contributed by atoms with Gasteiger partial charge in [0.05, 0.1) is 27.7 Å². The van der Waals surface area contributed by atoms with E-state index in [1.807, 2.05) is 13.6 Å². The van der Waals surface area contributed by atoms with Crippen molar-refractivity contribution in [2.45, 2.75) is 60.3 Å². The lowest BCUT2D eigenvalue weighted by Crippen LogP contribution is -2.46. The van der Waals surface area contributed by atoms with Crippen LogP contribution in [0.1, 0.15) is 70.1 Å². The van der Waals surface area contributed by atoms with Crippen LogP contribution in [0.3, 0.4) is 0 Å². The van der Waals surface area contributed by atoms with Gasteiger partial charge in [-0.15, -0.1) is 0 Å². The smallest absolute Gasteiger partial charge is 0.211 e. The van der Waals surface area contributed by atoms with Gasteiger partial charge in [0.15, 0.2) is 0 Å². The largest absolute Gasteiger partial charge is 0.314 e. The molecule has 4 nitrogen and oxygen atoms in total. The van der Waals surface area contributed by atoms with Gasteiger partial charge in [-0.2, -0.15) is 0 Å². The van der Waals surface area contributed by atoms with Crippen LogP contribution in [0.4, 0.5) is 17.1 Å². The van der Waals surface area contributed by atoms with Gasteiger partial charge in [0.1, 0.15) is 7.14 Å². The fourth-order valence-corrected chi connectivity index (χ4v) is 11.5. The maximum Gasteiger partial charge on any atom is 0.211 e. The number of aryl methyl sites for hydroxylation is 1. The molecule has 2 aliphatic rings. The van der Waals surface area contributed by atoms with Crippen molar-refractivity contribution in [3.8, 4) is 0 Å². The zero-order valence-electron chi connectivity index (χ0n) is 22.8. The molecule has 5 rings (SSSR count). The average molecular weight is 521 g/mol. The van der Waals surface area contributed by atoms with E-state index in [-0.39, 0.29) is 0 Å². The van der Waals surface area contributed by atoms with Gasteiger partial charge < -0.3 is 9.46 Å². The molecule has 0 amide bonds. The molecule has 6 heteroatoms. The van der Waals surface area contributed by atoms with Crippen LogP contribution in [-0.2, 0) is 9.13 Å². The van der Waals surface area contributed by atoms with Crippen molar-refractivity contribution in [3.63, 3.8) is 0 Å². The van der Waals surface area contributed by atoms with Crippen LogP contribution in [-0.4, -0.2) is 24.4 Å². The summed E-state index contributed by atoms with van der Waals surface area (Å²) in [5.74, 6) is 0.684. The fraction of sp³-hybridized carbons (Fsp3) is 0.400. The first kappa shape index (κ1) is 25.5. The molecule has 36 heavy (non-hydrogen) atoms. The molecule has 0 spiro atoms. The van der Waals surface area contributed by atoms with Gasteiger partial charge in [0.25, 0.3) is 0 Å². The lowest BCUT2D eigenvalue weighted by Gasteiger charge is -2.46. The van der Waals surface area contributed by atoms with Crippen LogP contribution < -0.4 is 26.1 Å². The van der Waals surface area contributed by atoms with Crippen LogP contribution in [0.2, 0.25) is 0 Å². The van der Waals surface area contributed by atoms with Crippen molar-refractivity contribution in [3.05, 3.63) is 65.2 Å². The highest BCUT2D eigenvalue weighted by molar-refractivity contribution is 7.80. The quantitative estimate of drug-likeness (QED) is 0.345. The Bertz CT molecular complexity index is 1470. The second-order valence-electron chi connectivity index (χ2n) is 10.9. The maximum absolute atomic E-state index is 15.4. The topological polar surface area (TPSA) is 40.6 Å². The molecule has 0 radical (unpaired) electrons. The Hall–Kier alpha value is -2.12. The molecule has 0 fully saturated rings. The van der Waals surface area contributed by atoms with Gasteiger partial charge in [0.2, 0.25) is 7.29 Å². The Morgan fingerprint density at radius 3 is 1.78 bits per heavy atom. The van der Waals surface area contributed by atoms with E-state index < -0.39 is 14.4 Å². The Morgan fingerprint density at radius 2 is 1.25 bits per heavy atom. The summed E-state index contributed by atoms with van der Waals surface area (Å²) >= 11 is 0. The molecule has 2 atom stereocenters. The predicted octanol–water partition coefficient (Wildman–Crippen LogP) is 6.85. The molecule has 2 heterocycles. The summed E-state index contributed by atoms with van der Waals surface area (Å²) in [5, 5.41) is 3.42. The number of hydrogen-bond donors (Lipinski definition) is 0. The lowest BCUT2D eigenvalue weighted by atomic mass is 10.00. The first-order valence-electron chi connectivity index (χ1n) is 13.1. The number of benzene rings is 3. The highest BCUT2D eigenvalue weighted by Gasteiger charge is 2.49. The third-order valence-electron chi connectivity index (χ3n) is 7.95. The monoisotopic (exact) mass is 520 g/mol. The van der Waals surface area contributed by atoms with E-state index in [9.17, 15) is 4.57 Å². The molecule has 2 unspecified atom stereocenters. The number of fused-ring (bicyclic) bond motifs is 4. The zero-order valence-corrected chi connectivity index (χ0v) is 24.6. The van der Waals surface area contributed by atoms with Gasteiger partial charge in [-0.05, 0) is 78.5 Å². The minimum Gasteiger partial charge on any atom is -0.314 e. The van der Waals surface area contributed by atoms with Gasteiger partial charge >= 0.3 is 0 Å². The Morgan fingerprint density at radius 1 is 0.750 bits per heavy atom. The average Bonchev–Trinajstić information content (AvgIpc) is 2.83. The number of nitrogens with zero attached hydrogens (tertiary/aromatic N) is 2. The SMILES string of the molecule is CCN(CC)P1(=O)c2ccc(C(C)C)cc2N2c3cc(C(C)C)ccc3P(C)(=O)c3cc(C)cc1c32. The standard InChI is InChI=1S/C30H38N2O2P2/c1-9-31(10-2)36(34)27-14-12-23(20(5)6)18-25(27)32-24-17-22(19(3)4)11-13-26(24)35(8,33)28-15-21(7)16-29(36)30(28)32/h11-20H,9-10H2,1-8H3. The highest BCUT2D eigenvalue weighted by atomic mass is 31.2. The molecule has 0 N–H and O–H groups in total. The number of hydrogen-bond acceptors (Lipinski definition) is 3. The van der Waals surface area contributed by atoms with Gasteiger partial charge in [-0.1, -0.05) is 53.7 Å². The number of anilines is 3. The third-order valence-corrected chi connectivity index (χ3v) is 13.9. The molecular formula is C30H38N2O2P2. The van der Waals surface area contributed by atoms with E-state index in [2.05, 4.69) is 99.6 Å². The van der Waals surface area contributed by atoms with Crippen molar-refractivity contribution in [1.82, 2.24) is 4.67 Å². The summed E-state index contributed by atoms with van der Waals surface area (Å²) in [4.78, 5) is 2.28. The molecular weight excluding hydrogens is 482 g/mol. The molecule has 0 saturated carbocycles. The highest BCUT2D eigenvalue weighted by Crippen LogP contribution is 2.61. The fourth-order valence-electron chi connectivity index (χ4n) is 5.86. The van der Waals surface area contributed by atoms with Gasteiger partial charge in [0, 0.05) is 23.7 Å². The molecule has 0 aliphatic carbocycles. The van der Waals surface area contributed by atoms with Gasteiger partial charge in [-0.25, -0.2) is 4.67 Å². The summed E-state index contributed by atoms with van der Waals surface area (Å²) in [5.41, 5.74) is 6.24. The second kappa shape index (κ2) is 8.73. The molecule has 0 saturated heterocycles. The van der Waals surface area contributed by atoms with E-state index in [1.165, 1.54) is 11.1 Å². The maximum atomic E-state index is 15.4. The van der Waals surface area contributed by atoms with E-state index in [1.54, 1.807) is 0 Å².